The molecule has 0 saturated carbocycles. The number of fused-ring (bicyclic) bond motifs is 4. The predicted molar refractivity (Wildman–Crippen MR) is 119 cm³/mol. The summed E-state index contributed by atoms with van der Waals surface area (Å²) in [7, 11) is 1.60. The van der Waals surface area contributed by atoms with Crippen LogP contribution in [0.2, 0.25) is 0 Å². The third kappa shape index (κ3) is 3.38. The lowest BCUT2D eigenvalue weighted by atomic mass is 9.86. The molecule has 1 aliphatic carbocycles. The van der Waals surface area contributed by atoms with Crippen LogP contribution >= 0.6 is 11.3 Å². The fraction of sp³-hybridized carbons (Fsp3) is 0.364. The van der Waals surface area contributed by atoms with Gasteiger partial charge in [-0.15, -0.1) is 11.3 Å². The first-order valence-electron chi connectivity index (χ1n) is 10.6. The summed E-state index contributed by atoms with van der Waals surface area (Å²) in [5, 5.41) is 8.57. The average molecular weight is 471 g/mol. The Morgan fingerprint density at radius 1 is 1.33 bits per heavy atom. The third-order valence-electron chi connectivity index (χ3n) is 6.32. The van der Waals surface area contributed by atoms with E-state index in [4.69, 9.17) is 4.74 Å². The molecule has 11 heteroatoms. The van der Waals surface area contributed by atoms with Crippen LogP contribution in [0.4, 0.5) is 20.3 Å². The molecule has 0 unspecified atom stereocenters. The Bertz CT molecular complexity index is 1390. The lowest BCUT2D eigenvalue weighted by molar-refractivity contribution is -0.169. The van der Waals surface area contributed by atoms with Crippen LogP contribution < -0.4 is 10.1 Å². The number of nitrogens with one attached hydrogen (secondary N) is 1. The van der Waals surface area contributed by atoms with E-state index >= 15 is 0 Å². The molecular weight excluding hydrogens is 450 g/mol. The van der Waals surface area contributed by atoms with E-state index in [1.807, 2.05) is 12.1 Å². The van der Waals surface area contributed by atoms with Crippen LogP contribution in [0.15, 0.2) is 30.9 Å². The molecule has 0 spiro atoms. The molecule has 1 N–H and O–H groups in total. The first-order valence-corrected chi connectivity index (χ1v) is 11.4. The van der Waals surface area contributed by atoms with Crippen molar-refractivity contribution in [2.75, 3.05) is 25.5 Å². The van der Waals surface area contributed by atoms with Crippen molar-refractivity contribution in [3.05, 3.63) is 41.3 Å². The largest absolute Gasteiger partial charge is 0.493 e. The number of methoxy groups -OCH3 is 1. The summed E-state index contributed by atoms with van der Waals surface area (Å²) in [5.74, 6) is -1.89. The molecule has 4 aromatic heterocycles. The number of carbonyl (C=O) groups excluding carboxylic acids is 1. The van der Waals surface area contributed by atoms with Crippen LogP contribution in [0.5, 0.6) is 5.75 Å². The van der Waals surface area contributed by atoms with E-state index in [9.17, 15) is 13.6 Å². The molecule has 0 bridgehead atoms. The van der Waals surface area contributed by atoms with Crippen molar-refractivity contribution >= 4 is 44.5 Å². The Balaban J connectivity index is 1.32. The van der Waals surface area contributed by atoms with Gasteiger partial charge in [0, 0.05) is 17.0 Å². The van der Waals surface area contributed by atoms with E-state index < -0.39 is 19.0 Å². The van der Waals surface area contributed by atoms with Crippen molar-refractivity contribution in [1.29, 1.82) is 0 Å². The van der Waals surface area contributed by atoms with E-state index in [1.54, 1.807) is 35.4 Å². The van der Waals surface area contributed by atoms with Gasteiger partial charge in [-0.05, 0) is 37.0 Å². The number of halogens is 2. The number of hydrogen-bond acceptors (Lipinski definition) is 7. The number of aryl methyl sites for hydroxylation is 1. The summed E-state index contributed by atoms with van der Waals surface area (Å²) in [6.45, 7) is -0.935. The molecule has 0 aromatic carbocycles. The number of ether oxygens (including phenoxy) is 1. The van der Waals surface area contributed by atoms with Crippen LogP contribution in [0.1, 0.15) is 16.9 Å². The zero-order valence-corrected chi connectivity index (χ0v) is 18.5. The van der Waals surface area contributed by atoms with Crippen molar-refractivity contribution < 1.29 is 18.3 Å². The number of alkyl halides is 2. The van der Waals surface area contributed by atoms with Gasteiger partial charge < -0.3 is 15.0 Å². The number of anilines is 2. The Kier molecular flexibility index (Phi) is 4.51. The summed E-state index contributed by atoms with van der Waals surface area (Å²) in [5.41, 5.74) is 2.79. The fourth-order valence-electron chi connectivity index (χ4n) is 4.68. The highest BCUT2D eigenvalue weighted by Gasteiger charge is 2.48. The van der Waals surface area contributed by atoms with Crippen molar-refractivity contribution in [2.45, 2.75) is 25.2 Å². The zero-order valence-electron chi connectivity index (χ0n) is 17.7. The number of carbonyl (C=O) groups is 1. The molecule has 1 fully saturated rings. The topological polar surface area (TPSA) is 84.6 Å². The number of nitrogens with zero attached hydrogens (tertiary/aromatic N) is 5. The van der Waals surface area contributed by atoms with Crippen LogP contribution in [0.25, 0.3) is 15.7 Å². The smallest absolute Gasteiger partial charge is 0.282 e. The molecule has 4 aromatic rings. The van der Waals surface area contributed by atoms with Crippen LogP contribution in [-0.2, 0) is 17.6 Å². The standard InChI is InChI=1S/C22H20F2N6O2S/c1-32-16-8-30-13(4-5-27-30)7-15(16)28-19-18-14-3-2-12(21(31)29-9-22(23,24)10-29)6-17(14)33-20(18)26-11-25-19/h4-5,7-8,11-12H,2-3,6,9-10H2,1H3,(H,25,26,28)/t12-/m0/s1. The van der Waals surface area contributed by atoms with Gasteiger partial charge in [0.1, 0.15) is 17.0 Å². The van der Waals surface area contributed by atoms with Crippen molar-refractivity contribution in [3.63, 3.8) is 0 Å². The number of rotatable bonds is 4. The molecule has 1 atom stereocenters. The zero-order chi connectivity index (χ0) is 22.7. The lowest BCUT2D eigenvalue weighted by Gasteiger charge is -2.41. The van der Waals surface area contributed by atoms with Gasteiger partial charge in [-0.3, -0.25) is 4.79 Å². The predicted octanol–water partition coefficient (Wildman–Crippen LogP) is 3.67. The highest BCUT2D eigenvalue weighted by atomic mass is 32.1. The molecule has 2 aliphatic rings. The first-order chi connectivity index (χ1) is 15.9. The van der Waals surface area contributed by atoms with Crippen LogP contribution in [0, 0.1) is 5.92 Å². The Morgan fingerprint density at radius 2 is 2.18 bits per heavy atom. The second kappa shape index (κ2) is 7.34. The molecule has 170 valence electrons. The van der Waals surface area contributed by atoms with Crippen molar-refractivity contribution in [2.24, 2.45) is 5.92 Å². The summed E-state index contributed by atoms with van der Waals surface area (Å²) in [6.07, 6.45) is 6.88. The minimum atomic E-state index is -2.75. The lowest BCUT2D eigenvalue weighted by Crippen LogP contribution is -2.60. The molecule has 1 aliphatic heterocycles. The molecule has 0 radical (unpaired) electrons. The van der Waals surface area contributed by atoms with E-state index in [0.717, 1.165) is 31.9 Å². The maximum atomic E-state index is 13.2. The monoisotopic (exact) mass is 470 g/mol. The SMILES string of the molecule is COc1cn2nccc2cc1Nc1ncnc2sc3c(c12)CC[C@H](C(=O)N1CC(F)(F)C1)C3. The number of thiophene rings is 1. The second-order valence-corrected chi connectivity index (χ2v) is 9.56. The summed E-state index contributed by atoms with van der Waals surface area (Å²) < 4.78 is 33.7. The highest BCUT2D eigenvalue weighted by Crippen LogP contribution is 2.42. The van der Waals surface area contributed by atoms with E-state index in [0.29, 0.717) is 30.8 Å². The number of likely N-dealkylation sites (tertiary alicyclic amines) is 1. The number of hydrogen-bond donors (Lipinski definition) is 1. The maximum absolute atomic E-state index is 13.2. The quantitative estimate of drug-likeness (QED) is 0.490. The highest BCUT2D eigenvalue weighted by molar-refractivity contribution is 7.19. The van der Waals surface area contributed by atoms with Gasteiger partial charge in [-0.25, -0.2) is 23.3 Å². The third-order valence-corrected chi connectivity index (χ3v) is 7.48. The van der Waals surface area contributed by atoms with Gasteiger partial charge in [0.15, 0.2) is 5.75 Å². The minimum absolute atomic E-state index is 0.174. The van der Waals surface area contributed by atoms with Gasteiger partial charge in [0.25, 0.3) is 5.92 Å². The Morgan fingerprint density at radius 3 is 2.97 bits per heavy atom. The van der Waals surface area contributed by atoms with Gasteiger partial charge in [-0.1, -0.05) is 0 Å². The number of amides is 1. The maximum Gasteiger partial charge on any atom is 0.282 e. The summed E-state index contributed by atoms with van der Waals surface area (Å²) in [6, 6.07) is 3.84. The van der Waals surface area contributed by atoms with E-state index in [2.05, 4.69) is 20.4 Å². The molecule has 5 heterocycles. The molecule has 1 amide bonds. The fourth-order valence-corrected chi connectivity index (χ4v) is 5.94. The molecule has 6 rings (SSSR count). The first kappa shape index (κ1) is 20.3. The van der Waals surface area contributed by atoms with E-state index in [-0.39, 0.29) is 11.8 Å². The minimum Gasteiger partial charge on any atom is -0.493 e. The Hall–Kier alpha value is -3.34. The average Bonchev–Trinajstić information content (AvgIpc) is 3.39. The van der Waals surface area contributed by atoms with Gasteiger partial charge in [-0.2, -0.15) is 5.10 Å². The van der Waals surface area contributed by atoms with Crippen LogP contribution in [0.3, 0.4) is 0 Å². The van der Waals surface area contributed by atoms with Crippen molar-refractivity contribution in [3.8, 4) is 5.75 Å². The van der Waals surface area contributed by atoms with Gasteiger partial charge in [0.2, 0.25) is 5.91 Å². The van der Waals surface area contributed by atoms with Gasteiger partial charge >= 0.3 is 0 Å². The summed E-state index contributed by atoms with van der Waals surface area (Å²) >= 11 is 1.54. The second-order valence-electron chi connectivity index (χ2n) is 8.48. The molecule has 1 saturated heterocycles. The van der Waals surface area contributed by atoms with Gasteiger partial charge in [0.05, 0.1) is 43.0 Å². The van der Waals surface area contributed by atoms with Crippen LogP contribution in [-0.4, -0.2) is 56.5 Å². The summed E-state index contributed by atoms with van der Waals surface area (Å²) in [4.78, 5) is 24.8. The number of pyridine rings is 1. The molecule has 8 nitrogen and oxygen atoms in total. The Labute approximate surface area is 191 Å². The molecular formula is C22H20F2N6O2S. The van der Waals surface area contributed by atoms with Crippen molar-refractivity contribution in [1.82, 2.24) is 24.5 Å². The normalized spacial score (nSPS) is 19.4. The number of aromatic nitrogens is 4. The molecule has 33 heavy (non-hydrogen) atoms. The van der Waals surface area contributed by atoms with E-state index in [1.165, 1.54) is 11.2 Å².